The first-order valence-corrected chi connectivity index (χ1v) is 2.34. The van der Waals surface area contributed by atoms with Crippen LogP contribution in [0.2, 0.25) is 0 Å². The number of para-hydroxylation sites is 2. The van der Waals surface area contributed by atoms with Crippen LogP contribution in [0.4, 0.5) is 5.69 Å². The van der Waals surface area contributed by atoms with Crippen molar-refractivity contribution >= 4 is 5.69 Å². The van der Waals surface area contributed by atoms with Crippen molar-refractivity contribution < 1.29 is 57.9 Å². The van der Waals surface area contributed by atoms with Gasteiger partial charge in [-0.2, -0.15) is 0 Å². The summed E-state index contributed by atoms with van der Waals surface area (Å²) in [4.78, 5) is 0. The van der Waals surface area contributed by atoms with Crippen LogP contribution in [-0.4, -0.2) is 5.11 Å². The van der Waals surface area contributed by atoms with Gasteiger partial charge in [0.2, 0.25) is 0 Å². The number of nitrogens with two attached hydrogens (primary N) is 1. The van der Waals surface area contributed by atoms with Crippen LogP contribution >= 0.6 is 0 Å². The molecule has 3 heteroatoms. The van der Waals surface area contributed by atoms with Crippen LogP contribution < -0.4 is 57.1 Å². The first-order valence-electron chi connectivity index (χ1n) is 2.34. The van der Waals surface area contributed by atoms with E-state index >= 15 is 0 Å². The van der Waals surface area contributed by atoms with Crippen molar-refractivity contribution in [2.24, 2.45) is 0 Å². The van der Waals surface area contributed by atoms with Gasteiger partial charge in [-0.25, -0.2) is 0 Å². The Balaban J connectivity index is 0. The number of rotatable bonds is 0. The van der Waals surface area contributed by atoms with E-state index in [9.17, 15) is 0 Å². The average molecular weight is 149 g/mol. The second-order valence-electron chi connectivity index (χ2n) is 1.56. The number of nitrogen functional groups attached to an aromatic ring is 1. The van der Waals surface area contributed by atoms with Crippen LogP contribution in [0.1, 0.15) is 1.43 Å². The maximum Gasteiger partial charge on any atom is 1.00 e. The van der Waals surface area contributed by atoms with Crippen LogP contribution in [0.3, 0.4) is 0 Å². The maximum atomic E-state index is 8.79. The Morgan fingerprint density at radius 2 is 1.89 bits per heavy atom. The van der Waals surface area contributed by atoms with Crippen LogP contribution in [-0.2, 0) is 0 Å². The number of phenols is 1. The molecule has 0 saturated heterocycles. The molecule has 1 aromatic rings. The van der Waals surface area contributed by atoms with Gasteiger partial charge in [0.25, 0.3) is 0 Å². The Kier molecular flexibility index (Phi) is 4.52. The summed E-state index contributed by atoms with van der Waals surface area (Å²) < 4.78 is 0. The van der Waals surface area contributed by atoms with Gasteiger partial charge in [0.1, 0.15) is 5.75 Å². The first kappa shape index (κ1) is 9.46. The van der Waals surface area contributed by atoms with Gasteiger partial charge < -0.3 is 12.3 Å². The molecule has 2 nitrogen and oxygen atoms in total. The monoisotopic (exact) mass is 149 g/mol. The topological polar surface area (TPSA) is 46.2 Å². The normalized spacial score (nSPS) is 8.00. The van der Waals surface area contributed by atoms with Crippen molar-refractivity contribution in [3.63, 3.8) is 0 Å². The molecule has 9 heavy (non-hydrogen) atoms. The quantitative estimate of drug-likeness (QED) is 0.257. The van der Waals surface area contributed by atoms with E-state index in [1.54, 1.807) is 24.3 Å². The SMILES string of the molecule is Nc1ccccc1O.[H-].[K+]. The molecule has 44 valence electrons. The fourth-order valence-electron chi connectivity index (χ4n) is 0.488. The van der Waals surface area contributed by atoms with Crippen molar-refractivity contribution in [1.82, 2.24) is 0 Å². The average Bonchev–Trinajstić information content (AvgIpc) is 1.77. The van der Waals surface area contributed by atoms with Crippen LogP contribution in [0.15, 0.2) is 24.3 Å². The smallest absolute Gasteiger partial charge is 1.00 e. The van der Waals surface area contributed by atoms with E-state index in [1.165, 1.54) is 0 Å². The van der Waals surface area contributed by atoms with Gasteiger partial charge in [0, 0.05) is 0 Å². The Bertz CT molecular complexity index is 174. The molecule has 0 atom stereocenters. The largest absolute Gasteiger partial charge is 1.00 e. The number of benzene rings is 1. The molecule has 0 heterocycles. The van der Waals surface area contributed by atoms with Crippen molar-refractivity contribution in [3.8, 4) is 5.75 Å². The predicted molar refractivity (Wildman–Crippen MR) is 33.6 cm³/mol. The molecule has 0 bridgehead atoms. The van der Waals surface area contributed by atoms with E-state index in [0.717, 1.165) is 0 Å². The first-order chi connectivity index (χ1) is 3.80. The van der Waals surface area contributed by atoms with E-state index in [0.29, 0.717) is 5.69 Å². The zero-order valence-corrected chi connectivity index (χ0v) is 8.46. The van der Waals surface area contributed by atoms with Crippen molar-refractivity contribution in [2.75, 3.05) is 5.73 Å². The summed E-state index contributed by atoms with van der Waals surface area (Å²) in [7, 11) is 0. The molecule has 0 aliphatic rings. The summed E-state index contributed by atoms with van der Waals surface area (Å²) in [6.45, 7) is 0. The van der Waals surface area contributed by atoms with Gasteiger partial charge in [-0.3, -0.25) is 0 Å². The fraction of sp³-hybridized carbons (Fsp3) is 0. The van der Waals surface area contributed by atoms with Crippen molar-refractivity contribution in [1.29, 1.82) is 0 Å². The molecule has 0 unspecified atom stereocenters. The molecule has 0 spiro atoms. The zero-order valence-electron chi connectivity index (χ0n) is 6.33. The van der Waals surface area contributed by atoms with E-state index in [1.807, 2.05) is 0 Å². The molecule has 0 amide bonds. The minimum atomic E-state index is 0. The van der Waals surface area contributed by atoms with E-state index in [2.05, 4.69) is 0 Å². The maximum absolute atomic E-state index is 8.79. The standard InChI is InChI=1S/C6H7NO.K.H/c7-5-3-1-2-4-6(5)8;;/h1-4,8H,7H2;;/q;+1;-1. The molecular formula is C6H8KNO. The number of anilines is 1. The summed E-state index contributed by atoms with van der Waals surface area (Å²) in [5, 5.41) is 8.79. The van der Waals surface area contributed by atoms with Gasteiger partial charge in [0.15, 0.2) is 0 Å². The van der Waals surface area contributed by atoms with Gasteiger partial charge in [-0.1, -0.05) is 12.1 Å². The van der Waals surface area contributed by atoms with E-state index in [-0.39, 0.29) is 58.6 Å². The Labute approximate surface area is 98.0 Å². The summed E-state index contributed by atoms with van der Waals surface area (Å²) in [6.07, 6.45) is 0. The molecule has 0 radical (unpaired) electrons. The Morgan fingerprint density at radius 1 is 1.33 bits per heavy atom. The molecule has 0 aliphatic heterocycles. The second-order valence-corrected chi connectivity index (χ2v) is 1.56. The van der Waals surface area contributed by atoms with E-state index in [4.69, 9.17) is 10.8 Å². The zero-order chi connectivity index (χ0) is 5.98. The predicted octanol–water partition coefficient (Wildman–Crippen LogP) is -1.91. The number of aromatic hydroxyl groups is 1. The third-order valence-corrected chi connectivity index (χ3v) is 0.937. The fourth-order valence-corrected chi connectivity index (χ4v) is 0.488. The van der Waals surface area contributed by atoms with Gasteiger partial charge in [-0.15, -0.1) is 0 Å². The number of phenolic OH excluding ortho intramolecular Hbond substituents is 1. The second kappa shape index (κ2) is 4.30. The molecule has 1 rings (SSSR count). The molecule has 0 aliphatic carbocycles. The van der Waals surface area contributed by atoms with Crippen molar-refractivity contribution in [3.05, 3.63) is 24.3 Å². The number of hydrogen-bond acceptors (Lipinski definition) is 2. The molecule has 0 aromatic heterocycles. The van der Waals surface area contributed by atoms with E-state index < -0.39 is 0 Å². The molecular weight excluding hydrogens is 141 g/mol. The Hall–Kier alpha value is 0.456. The van der Waals surface area contributed by atoms with Crippen LogP contribution in [0.25, 0.3) is 0 Å². The third kappa shape index (κ3) is 2.69. The summed E-state index contributed by atoms with van der Waals surface area (Å²) >= 11 is 0. The van der Waals surface area contributed by atoms with Crippen LogP contribution in [0.5, 0.6) is 5.75 Å². The number of hydrogen-bond donors (Lipinski definition) is 2. The molecule has 1 aromatic carbocycles. The van der Waals surface area contributed by atoms with Crippen molar-refractivity contribution in [2.45, 2.75) is 0 Å². The molecule has 0 saturated carbocycles. The minimum absolute atomic E-state index is 0. The van der Waals surface area contributed by atoms with Crippen LogP contribution in [0, 0.1) is 0 Å². The van der Waals surface area contributed by atoms with Gasteiger partial charge in [-0.05, 0) is 12.1 Å². The van der Waals surface area contributed by atoms with Gasteiger partial charge in [0.05, 0.1) is 5.69 Å². The Morgan fingerprint density at radius 3 is 2.22 bits per heavy atom. The molecule has 3 N–H and O–H groups in total. The molecule has 0 fully saturated rings. The summed E-state index contributed by atoms with van der Waals surface area (Å²) in [5.74, 6) is 0.146. The summed E-state index contributed by atoms with van der Waals surface area (Å²) in [5.41, 5.74) is 5.69. The third-order valence-electron chi connectivity index (χ3n) is 0.937. The van der Waals surface area contributed by atoms with Gasteiger partial charge >= 0.3 is 51.4 Å². The summed E-state index contributed by atoms with van der Waals surface area (Å²) in [6, 6.07) is 6.70. The minimum Gasteiger partial charge on any atom is -1.00 e.